The number of urea groups is 1. The number of anilines is 1. The molecule has 1 aliphatic carbocycles. The van der Waals surface area contributed by atoms with Gasteiger partial charge in [-0.2, -0.15) is 0 Å². The van der Waals surface area contributed by atoms with Crippen molar-refractivity contribution in [1.82, 2.24) is 15.2 Å². The summed E-state index contributed by atoms with van der Waals surface area (Å²) in [5.74, 6) is -0.774. The Kier molecular flexibility index (Phi) is 4.32. The van der Waals surface area contributed by atoms with Gasteiger partial charge in [-0.1, -0.05) is 24.3 Å². The summed E-state index contributed by atoms with van der Waals surface area (Å²) in [6.45, 7) is 1.61. The monoisotopic (exact) mass is 420 g/mol. The van der Waals surface area contributed by atoms with E-state index in [1.165, 1.54) is 0 Å². The second-order valence-electron chi connectivity index (χ2n) is 7.70. The molecule has 2 N–H and O–H groups in total. The summed E-state index contributed by atoms with van der Waals surface area (Å²) in [5.41, 5.74) is 2.33. The molecule has 8 heteroatoms. The Labute approximate surface area is 177 Å². The van der Waals surface area contributed by atoms with Gasteiger partial charge in [-0.3, -0.25) is 14.5 Å². The Bertz CT molecular complexity index is 1200. The maximum absolute atomic E-state index is 13.3. The highest BCUT2D eigenvalue weighted by Gasteiger charge is 2.54. The lowest BCUT2D eigenvalue weighted by atomic mass is 9.76. The van der Waals surface area contributed by atoms with Crippen LogP contribution < -0.4 is 10.6 Å². The van der Waals surface area contributed by atoms with E-state index in [0.29, 0.717) is 12.1 Å². The SMILES string of the molecule is Cc1nc2ccc(NC(=O)CN3C(=O)N[C@@]4(CCCc5ccccc54)C3=O)cc2s1. The van der Waals surface area contributed by atoms with Crippen molar-refractivity contribution in [2.75, 3.05) is 11.9 Å². The molecule has 1 fully saturated rings. The fourth-order valence-electron chi connectivity index (χ4n) is 4.42. The number of hydrogen-bond donors (Lipinski definition) is 2. The topological polar surface area (TPSA) is 91.4 Å². The molecule has 1 aromatic heterocycles. The molecule has 30 heavy (non-hydrogen) atoms. The number of thiazole rings is 1. The van der Waals surface area contributed by atoms with Crippen LogP contribution in [0.4, 0.5) is 10.5 Å². The van der Waals surface area contributed by atoms with E-state index in [0.717, 1.165) is 44.1 Å². The molecule has 7 nitrogen and oxygen atoms in total. The highest BCUT2D eigenvalue weighted by Crippen LogP contribution is 2.39. The predicted molar refractivity (Wildman–Crippen MR) is 114 cm³/mol. The fourth-order valence-corrected chi connectivity index (χ4v) is 5.28. The van der Waals surface area contributed by atoms with Crippen LogP contribution in [-0.4, -0.2) is 34.3 Å². The molecule has 5 rings (SSSR count). The first-order chi connectivity index (χ1) is 14.5. The largest absolute Gasteiger partial charge is 0.325 e. The molecule has 0 radical (unpaired) electrons. The number of fused-ring (bicyclic) bond motifs is 3. The van der Waals surface area contributed by atoms with Gasteiger partial charge in [-0.15, -0.1) is 11.3 Å². The molecular weight excluding hydrogens is 400 g/mol. The third-order valence-electron chi connectivity index (χ3n) is 5.73. The van der Waals surface area contributed by atoms with Crippen LogP contribution in [0.2, 0.25) is 0 Å². The summed E-state index contributed by atoms with van der Waals surface area (Å²) in [6, 6.07) is 12.6. The van der Waals surface area contributed by atoms with Crippen molar-refractivity contribution >= 4 is 45.1 Å². The minimum atomic E-state index is -1.06. The molecule has 1 aliphatic heterocycles. The molecule has 0 bridgehead atoms. The van der Waals surface area contributed by atoms with Gasteiger partial charge in [0.25, 0.3) is 5.91 Å². The molecule has 1 atom stereocenters. The first kappa shape index (κ1) is 18.7. The van der Waals surface area contributed by atoms with E-state index in [1.54, 1.807) is 17.4 Å². The van der Waals surface area contributed by atoms with Crippen LogP contribution in [0.15, 0.2) is 42.5 Å². The Morgan fingerprint density at radius 2 is 2.10 bits per heavy atom. The highest BCUT2D eigenvalue weighted by molar-refractivity contribution is 7.18. The lowest BCUT2D eigenvalue weighted by Gasteiger charge is -2.33. The summed E-state index contributed by atoms with van der Waals surface area (Å²) in [7, 11) is 0. The molecule has 1 spiro atoms. The number of aryl methyl sites for hydroxylation is 2. The van der Waals surface area contributed by atoms with E-state index in [4.69, 9.17) is 0 Å². The molecule has 152 valence electrons. The molecule has 2 heterocycles. The number of nitrogens with one attached hydrogen (secondary N) is 2. The molecule has 0 saturated carbocycles. The quantitative estimate of drug-likeness (QED) is 0.636. The van der Waals surface area contributed by atoms with Crippen molar-refractivity contribution in [3.8, 4) is 0 Å². The number of amides is 4. The number of aromatic nitrogens is 1. The van der Waals surface area contributed by atoms with Crippen LogP contribution >= 0.6 is 11.3 Å². The summed E-state index contributed by atoms with van der Waals surface area (Å²) >= 11 is 1.54. The van der Waals surface area contributed by atoms with Crippen LogP contribution in [0, 0.1) is 6.92 Å². The molecule has 2 aliphatic rings. The lowest BCUT2D eigenvalue weighted by Crippen LogP contribution is -2.47. The molecular formula is C22H20N4O3S. The first-order valence-electron chi connectivity index (χ1n) is 9.86. The van der Waals surface area contributed by atoms with Crippen molar-refractivity contribution in [2.24, 2.45) is 0 Å². The predicted octanol–water partition coefficient (Wildman–Crippen LogP) is 3.33. The van der Waals surface area contributed by atoms with Gasteiger partial charge < -0.3 is 10.6 Å². The Morgan fingerprint density at radius 1 is 1.27 bits per heavy atom. The number of nitrogens with zero attached hydrogens (tertiary/aromatic N) is 2. The van der Waals surface area contributed by atoms with Gasteiger partial charge in [0.1, 0.15) is 12.1 Å². The van der Waals surface area contributed by atoms with Crippen LogP contribution in [0.5, 0.6) is 0 Å². The summed E-state index contributed by atoms with van der Waals surface area (Å²) in [4.78, 5) is 44.0. The maximum Gasteiger partial charge on any atom is 0.325 e. The Morgan fingerprint density at radius 3 is 2.97 bits per heavy atom. The maximum atomic E-state index is 13.3. The minimum absolute atomic E-state index is 0.325. The smallest absolute Gasteiger partial charge is 0.324 e. The third-order valence-corrected chi connectivity index (χ3v) is 6.67. The average Bonchev–Trinajstić information content (AvgIpc) is 3.20. The zero-order valence-electron chi connectivity index (χ0n) is 16.4. The standard InChI is InChI=1S/C22H20N4O3S/c1-13-23-17-9-8-15(11-18(17)30-13)24-19(27)12-26-20(28)22(25-21(26)29)10-4-6-14-5-2-3-7-16(14)22/h2-3,5,7-9,11H,4,6,10,12H2,1H3,(H,24,27)(H,25,29)/t22-/m1/s1. The van der Waals surface area contributed by atoms with Gasteiger partial charge in [0.15, 0.2) is 0 Å². The van der Waals surface area contributed by atoms with E-state index in [1.807, 2.05) is 43.3 Å². The van der Waals surface area contributed by atoms with E-state index >= 15 is 0 Å². The number of carbonyl (C=O) groups excluding carboxylic acids is 3. The molecule has 4 amide bonds. The van der Waals surface area contributed by atoms with Crippen LogP contribution in [0.1, 0.15) is 29.0 Å². The van der Waals surface area contributed by atoms with E-state index in [2.05, 4.69) is 15.6 Å². The molecule has 2 aromatic carbocycles. The minimum Gasteiger partial charge on any atom is -0.324 e. The summed E-state index contributed by atoms with van der Waals surface area (Å²) in [6.07, 6.45) is 2.21. The average molecular weight is 420 g/mol. The number of hydrogen-bond acceptors (Lipinski definition) is 5. The van der Waals surface area contributed by atoms with Gasteiger partial charge in [0.2, 0.25) is 5.91 Å². The zero-order chi connectivity index (χ0) is 20.9. The first-order valence-corrected chi connectivity index (χ1v) is 10.7. The van der Waals surface area contributed by atoms with Crippen LogP contribution in [-0.2, 0) is 21.5 Å². The molecule has 3 aromatic rings. The second-order valence-corrected chi connectivity index (χ2v) is 8.94. The van der Waals surface area contributed by atoms with E-state index < -0.39 is 17.5 Å². The van der Waals surface area contributed by atoms with Crippen molar-refractivity contribution < 1.29 is 14.4 Å². The third kappa shape index (κ3) is 2.95. The van der Waals surface area contributed by atoms with Crippen LogP contribution in [0.25, 0.3) is 10.2 Å². The number of imide groups is 1. The summed E-state index contributed by atoms with van der Waals surface area (Å²) < 4.78 is 0.970. The zero-order valence-corrected chi connectivity index (χ0v) is 17.2. The number of benzene rings is 2. The van der Waals surface area contributed by atoms with Crippen molar-refractivity contribution in [1.29, 1.82) is 0 Å². The number of rotatable bonds is 3. The van der Waals surface area contributed by atoms with Gasteiger partial charge in [0.05, 0.1) is 15.2 Å². The summed E-state index contributed by atoms with van der Waals surface area (Å²) in [5, 5.41) is 6.61. The second kappa shape index (κ2) is 6.91. The van der Waals surface area contributed by atoms with Gasteiger partial charge in [0, 0.05) is 5.69 Å². The highest BCUT2D eigenvalue weighted by atomic mass is 32.1. The van der Waals surface area contributed by atoms with E-state index in [9.17, 15) is 14.4 Å². The van der Waals surface area contributed by atoms with Gasteiger partial charge in [-0.05, 0) is 55.5 Å². The van der Waals surface area contributed by atoms with Crippen LogP contribution in [0.3, 0.4) is 0 Å². The molecule has 1 saturated heterocycles. The number of carbonyl (C=O) groups is 3. The normalized spacial score (nSPS) is 20.5. The fraction of sp³-hybridized carbons (Fsp3) is 0.273. The van der Waals surface area contributed by atoms with E-state index in [-0.39, 0.29) is 12.5 Å². The van der Waals surface area contributed by atoms with Crippen molar-refractivity contribution in [2.45, 2.75) is 31.7 Å². The Balaban J connectivity index is 1.35. The van der Waals surface area contributed by atoms with Crippen molar-refractivity contribution in [3.05, 3.63) is 58.6 Å². The lowest BCUT2D eigenvalue weighted by molar-refractivity contribution is -0.134. The van der Waals surface area contributed by atoms with Gasteiger partial charge in [-0.25, -0.2) is 9.78 Å². The molecule has 0 unspecified atom stereocenters. The van der Waals surface area contributed by atoms with Crippen molar-refractivity contribution in [3.63, 3.8) is 0 Å². The van der Waals surface area contributed by atoms with Gasteiger partial charge >= 0.3 is 6.03 Å². The Hall–Kier alpha value is -3.26.